The topological polar surface area (TPSA) is 313 Å². The lowest BCUT2D eigenvalue weighted by molar-refractivity contribution is 0.0262. The van der Waals surface area contributed by atoms with E-state index in [1.165, 1.54) is 5.56 Å². The van der Waals surface area contributed by atoms with Gasteiger partial charge in [-0.3, -0.25) is 28.9 Å². The summed E-state index contributed by atoms with van der Waals surface area (Å²) in [5.74, 6) is 0.152. The minimum absolute atomic E-state index is 0.193. The van der Waals surface area contributed by atoms with Gasteiger partial charge in [0.05, 0.1) is 48.8 Å². The lowest BCUT2D eigenvalue weighted by Gasteiger charge is -2.26. The maximum atomic E-state index is 13.7. The van der Waals surface area contributed by atoms with Gasteiger partial charge in [-0.05, 0) is 206 Å². The molecule has 634 valence electrons. The molecule has 14 rings (SSSR count). The number of hydrogen-bond donors (Lipinski definition) is 8. The van der Waals surface area contributed by atoms with Crippen molar-refractivity contribution in [2.75, 3.05) is 104 Å². The molecular weight excluding hydrogens is 1520 g/mol. The number of benzene rings is 6. The van der Waals surface area contributed by atoms with Gasteiger partial charge >= 0.3 is 6.09 Å². The van der Waals surface area contributed by atoms with Gasteiger partial charge in [-0.2, -0.15) is 10.2 Å². The molecule has 0 spiro atoms. The first-order chi connectivity index (χ1) is 58.3. The Hall–Kier alpha value is -11.6. The highest BCUT2D eigenvalue weighted by Crippen LogP contribution is 2.35. The van der Waals surface area contributed by atoms with Gasteiger partial charge in [0.2, 0.25) is 0 Å². The quantitative estimate of drug-likeness (QED) is 0.0222. The number of carbonyl (C=O) groups is 6. The fourth-order valence-corrected chi connectivity index (χ4v) is 15.4. The van der Waals surface area contributed by atoms with E-state index in [-0.39, 0.29) is 68.0 Å². The molecule has 5 amide bonds. The zero-order valence-corrected chi connectivity index (χ0v) is 70.7. The van der Waals surface area contributed by atoms with Gasteiger partial charge in [-0.25, -0.2) is 24.1 Å². The number of fused-ring (bicyclic) bond motifs is 2. The van der Waals surface area contributed by atoms with Gasteiger partial charge in [0, 0.05) is 179 Å². The van der Waals surface area contributed by atoms with E-state index < -0.39 is 5.60 Å². The van der Waals surface area contributed by atoms with Gasteiger partial charge in [0.15, 0.2) is 11.3 Å². The van der Waals surface area contributed by atoms with Crippen LogP contribution < -0.4 is 52.0 Å². The van der Waals surface area contributed by atoms with E-state index in [9.17, 15) is 28.8 Å². The molecule has 0 bridgehead atoms. The van der Waals surface area contributed by atoms with Crippen LogP contribution in [0.5, 0.6) is 11.5 Å². The Morgan fingerprint density at radius 3 is 1.41 bits per heavy atom. The van der Waals surface area contributed by atoms with E-state index in [1.807, 2.05) is 91.9 Å². The van der Waals surface area contributed by atoms with Crippen molar-refractivity contribution in [2.24, 2.45) is 0 Å². The third-order valence-electron chi connectivity index (χ3n) is 21.9. The van der Waals surface area contributed by atoms with Gasteiger partial charge in [-0.1, -0.05) is 74.5 Å². The van der Waals surface area contributed by atoms with Crippen molar-refractivity contribution in [1.29, 1.82) is 0 Å². The van der Waals surface area contributed by atoms with Crippen LogP contribution in [-0.4, -0.2) is 186 Å². The number of ether oxygens (including phenoxy) is 5. The number of aldehydes is 1. The number of anilines is 2. The number of methoxy groups -OCH3 is 2. The summed E-state index contributed by atoms with van der Waals surface area (Å²) in [5.41, 5.74) is 15.8. The Labute approximate surface area is 703 Å². The first kappa shape index (κ1) is 87.7. The molecule has 4 saturated heterocycles. The van der Waals surface area contributed by atoms with E-state index in [0.29, 0.717) is 91.7 Å². The molecule has 0 saturated carbocycles. The van der Waals surface area contributed by atoms with Crippen molar-refractivity contribution in [1.82, 2.24) is 71.2 Å². The Morgan fingerprint density at radius 2 is 0.950 bits per heavy atom. The van der Waals surface area contributed by atoms with Crippen LogP contribution in [0.3, 0.4) is 0 Å². The predicted octanol–water partition coefficient (Wildman–Crippen LogP) is 13.1. The SMILES string of the molecule is CC(C)(C)OC(=O)N1CCCNCC1.CCc1nc2c(cnn2CC)c(NC2CCOCC2)c1CNC(=O)c1cccc(C(=O)NCc2cc(-c3cccc(C=O)c3)ccc2OC)c1.CCc1nc2c(cnn2CC)c(NC2CCOCC2)c1CNC(=O)c1cccc(C(=O)NCc2cc(-c3cccc(CN4CCCNCC4)c3)ccc2OC)c1. The van der Waals surface area contributed by atoms with Crippen molar-refractivity contribution in [3.8, 4) is 33.8 Å². The van der Waals surface area contributed by atoms with Crippen molar-refractivity contribution in [3.05, 3.63) is 213 Å². The Bertz CT molecular complexity index is 5160. The van der Waals surface area contributed by atoms with E-state index in [2.05, 4.69) is 115 Å². The van der Waals surface area contributed by atoms with Crippen LogP contribution in [0, 0.1) is 0 Å². The molecule has 4 aromatic heterocycles. The largest absolute Gasteiger partial charge is 0.496 e. The van der Waals surface area contributed by atoms with Crippen LogP contribution in [0.25, 0.3) is 44.3 Å². The normalized spacial score (nSPS) is 14.9. The molecule has 0 radical (unpaired) electrons. The highest BCUT2D eigenvalue weighted by atomic mass is 16.6. The summed E-state index contributed by atoms with van der Waals surface area (Å²) in [4.78, 5) is 91.2. The summed E-state index contributed by atoms with van der Waals surface area (Å²) < 4.78 is 31.5. The average molecular weight is 1630 g/mol. The molecule has 8 N–H and O–H groups in total. The van der Waals surface area contributed by atoms with E-state index in [1.54, 1.807) is 73.7 Å². The molecule has 0 aliphatic carbocycles. The summed E-state index contributed by atoms with van der Waals surface area (Å²) in [7, 11) is 3.22. The lowest BCUT2D eigenvalue weighted by atomic mass is 10.00. The highest BCUT2D eigenvalue weighted by molar-refractivity contribution is 6.01. The molecule has 6 aromatic carbocycles. The molecule has 8 heterocycles. The molecule has 120 heavy (non-hydrogen) atoms. The number of pyridine rings is 2. The molecule has 4 aliphatic rings. The minimum Gasteiger partial charge on any atom is -0.496 e. The molecule has 4 fully saturated rings. The molecule has 27 nitrogen and oxygen atoms in total. The van der Waals surface area contributed by atoms with Gasteiger partial charge in [-0.15, -0.1) is 0 Å². The van der Waals surface area contributed by atoms with Crippen LogP contribution in [0.15, 0.2) is 146 Å². The first-order valence-electron chi connectivity index (χ1n) is 42.2. The molecule has 0 atom stereocenters. The van der Waals surface area contributed by atoms with Gasteiger partial charge in [0.1, 0.15) is 23.4 Å². The number of aryl methyl sites for hydroxylation is 4. The van der Waals surface area contributed by atoms with Crippen LogP contribution in [0.4, 0.5) is 16.2 Å². The monoisotopic (exact) mass is 1630 g/mol. The zero-order chi connectivity index (χ0) is 84.5. The second-order valence-corrected chi connectivity index (χ2v) is 31.3. The molecule has 0 unspecified atom stereocenters. The van der Waals surface area contributed by atoms with Crippen molar-refractivity contribution >= 4 is 69.4 Å². The maximum Gasteiger partial charge on any atom is 0.410 e. The number of nitrogens with zero attached hydrogens (tertiary/aromatic N) is 8. The van der Waals surface area contributed by atoms with E-state index >= 15 is 0 Å². The summed E-state index contributed by atoms with van der Waals surface area (Å²) >= 11 is 0. The number of rotatable bonds is 27. The van der Waals surface area contributed by atoms with E-state index in [4.69, 9.17) is 33.7 Å². The maximum absolute atomic E-state index is 13.7. The molecule has 10 aromatic rings. The third kappa shape index (κ3) is 23.3. The third-order valence-corrected chi connectivity index (χ3v) is 21.9. The second kappa shape index (κ2) is 42.9. The van der Waals surface area contributed by atoms with Crippen LogP contribution in [0.2, 0.25) is 0 Å². The second-order valence-electron chi connectivity index (χ2n) is 31.3. The van der Waals surface area contributed by atoms with Crippen molar-refractivity contribution in [3.63, 3.8) is 0 Å². The Kier molecular flexibility index (Phi) is 31.3. The smallest absolute Gasteiger partial charge is 0.410 e. The van der Waals surface area contributed by atoms with Crippen molar-refractivity contribution < 1.29 is 52.5 Å². The lowest BCUT2D eigenvalue weighted by Crippen LogP contribution is -2.38. The van der Waals surface area contributed by atoms with Gasteiger partial charge < -0.3 is 71.1 Å². The first-order valence-corrected chi connectivity index (χ1v) is 42.2. The summed E-state index contributed by atoms with van der Waals surface area (Å²) in [6.07, 6.45) is 11.4. The number of hydrogen-bond acceptors (Lipinski definition) is 20. The number of amides is 5. The number of carbonyl (C=O) groups excluding carboxylic acids is 6. The molecule has 4 aliphatic heterocycles. The summed E-state index contributed by atoms with van der Waals surface area (Å²) in [6, 6.07) is 41.7. The summed E-state index contributed by atoms with van der Waals surface area (Å²) in [5, 5.41) is 37.5. The highest BCUT2D eigenvalue weighted by Gasteiger charge is 2.28. The zero-order valence-electron chi connectivity index (χ0n) is 70.7. The van der Waals surface area contributed by atoms with Gasteiger partial charge in [0.25, 0.3) is 23.6 Å². The number of aromatic nitrogens is 6. The fourth-order valence-electron chi connectivity index (χ4n) is 15.4. The van der Waals surface area contributed by atoms with Crippen LogP contribution >= 0.6 is 0 Å². The Morgan fingerprint density at radius 1 is 0.508 bits per heavy atom. The number of nitrogens with one attached hydrogen (secondary N) is 8. The average Bonchev–Trinajstić information content (AvgIpc) is 1.60. The molecule has 27 heteroatoms. The van der Waals surface area contributed by atoms with Crippen LogP contribution in [-0.2, 0) is 72.9 Å². The van der Waals surface area contributed by atoms with Crippen LogP contribution in [0.1, 0.15) is 178 Å². The minimum atomic E-state index is -0.392. The fraction of sp³-hybridized carbons (Fsp3) is 0.419. The Balaban J connectivity index is 0.000000190. The molecular formula is C93H116N16O11. The van der Waals surface area contributed by atoms with E-state index in [0.717, 1.165) is 193 Å². The predicted molar refractivity (Wildman–Crippen MR) is 468 cm³/mol. The van der Waals surface area contributed by atoms with Crippen molar-refractivity contribution in [2.45, 2.75) is 163 Å². The standard InChI is InChI=1S/C44H54N8O4.C39H42N6O5.C10H20N2O2/c1-4-39-37(41(49-36-15-21-56-22-16-36)38-28-48-52(5-2)42(38)50-39)27-47-44(54)34-12-7-11-33(25-34)43(53)46-26-35-24-32(13-14-40(35)55-3)31-10-6-9-30(23-31)29-51-19-8-17-45-18-20-51;1-4-34-32(36(43-31-14-16-50-17-15-31)33-23-42-45(5-2)37(33)44-34)22-41-39(48)29-11-7-10-28(20-29)38(47)40-21-30-19-27(12-13-35(30)49-3)26-9-6-8-25(18-26)24-46;1-10(2,3)14-9(13)12-7-4-5-11-6-8-12/h6-7,9-14,23-25,28,36,45H,4-5,8,15-22,26-27,29H2,1-3H3,(H,46,53)(H,47,54)(H,49,50);6-13,18-20,23-24,31H,4-5,14-17,21-22H2,1-3H3,(H,40,47)(H,41,48)(H,43,44);11H,4-8H2,1-3H3. The summed E-state index contributed by atoms with van der Waals surface area (Å²) in [6.45, 7) is 27.7.